The van der Waals surface area contributed by atoms with Crippen molar-refractivity contribution in [2.24, 2.45) is 0 Å². The molecule has 0 aliphatic carbocycles. The van der Waals surface area contributed by atoms with Gasteiger partial charge in [0.15, 0.2) is 5.65 Å². The predicted octanol–water partition coefficient (Wildman–Crippen LogP) is 1.30. The first kappa shape index (κ1) is 9.77. The summed E-state index contributed by atoms with van der Waals surface area (Å²) in [6, 6.07) is 9.59. The van der Waals surface area contributed by atoms with Gasteiger partial charge in [-0.15, -0.1) is 10.2 Å². The number of benzene rings is 1. The van der Waals surface area contributed by atoms with Crippen molar-refractivity contribution in [3.63, 3.8) is 0 Å². The molecule has 0 fully saturated rings. The third-order valence-corrected chi connectivity index (χ3v) is 2.69. The number of para-hydroxylation sites is 1. The second-order valence-electron chi connectivity index (χ2n) is 3.80. The lowest BCUT2D eigenvalue weighted by atomic mass is 10.1. The average Bonchev–Trinajstić information content (AvgIpc) is 2.76. The molecule has 0 saturated carbocycles. The summed E-state index contributed by atoms with van der Waals surface area (Å²) in [5, 5.41) is 8.23. The van der Waals surface area contributed by atoms with Crippen molar-refractivity contribution in [3.8, 4) is 0 Å². The van der Waals surface area contributed by atoms with Gasteiger partial charge in [-0.2, -0.15) is 0 Å². The van der Waals surface area contributed by atoms with Gasteiger partial charge in [-0.1, -0.05) is 18.2 Å². The monoisotopic (exact) mass is 225 g/mol. The Labute approximate surface area is 97.9 Å². The van der Waals surface area contributed by atoms with Crippen molar-refractivity contribution in [2.45, 2.75) is 6.42 Å². The van der Waals surface area contributed by atoms with Crippen LogP contribution in [0, 0.1) is 0 Å². The summed E-state index contributed by atoms with van der Waals surface area (Å²) < 4.78 is 1.87. The molecule has 0 radical (unpaired) electrons. The van der Waals surface area contributed by atoms with Crippen molar-refractivity contribution < 1.29 is 0 Å². The molecular weight excluding hydrogens is 214 g/mol. The highest BCUT2D eigenvalue weighted by Gasteiger charge is 2.07. The van der Waals surface area contributed by atoms with E-state index in [-0.39, 0.29) is 0 Å². The van der Waals surface area contributed by atoms with E-state index in [4.69, 9.17) is 5.73 Å². The molecule has 17 heavy (non-hydrogen) atoms. The summed E-state index contributed by atoms with van der Waals surface area (Å²) in [5.74, 6) is 0.839. The van der Waals surface area contributed by atoms with E-state index in [1.54, 1.807) is 12.5 Å². The Kier molecular flexibility index (Phi) is 2.22. The van der Waals surface area contributed by atoms with Crippen LogP contribution in [0.15, 0.2) is 42.9 Å². The van der Waals surface area contributed by atoms with E-state index in [9.17, 15) is 0 Å². The number of nitrogens with zero attached hydrogens (tertiary/aromatic N) is 4. The molecule has 0 atom stereocenters. The number of hydrogen-bond acceptors (Lipinski definition) is 4. The van der Waals surface area contributed by atoms with E-state index < -0.39 is 0 Å². The average molecular weight is 225 g/mol. The Morgan fingerprint density at radius 2 is 2.00 bits per heavy atom. The Morgan fingerprint density at radius 3 is 2.88 bits per heavy atom. The molecule has 5 nitrogen and oxygen atoms in total. The van der Waals surface area contributed by atoms with Gasteiger partial charge in [0.2, 0.25) is 0 Å². The van der Waals surface area contributed by atoms with Crippen molar-refractivity contribution >= 4 is 11.3 Å². The molecule has 3 aromatic rings. The molecule has 0 spiro atoms. The minimum atomic E-state index is 0.652. The topological polar surface area (TPSA) is 69.1 Å². The maximum absolute atomic E-state index is 5.91. The smallest absolute Gasteiger partial charge is 0.163 e. The maximum Gasteiger partial charge on any atom is 0.163 e. The molecular formula is C12H11N5. The zero-order valence-corrected chi connectivity index (χ0v) is 9.11. The minimum Gasteiger partial charge on any atom is -0.398 e. The lowest BCUT2D eigenvalue weighted by Gasteiger charge is -2.03. The van der Waals surface area contributed by atoms with E-state index >= 15 is 0 Å². The van der Waals surface area contributed by atoms with Gasteiger partial charge in [-0.05, 0) is 11.6 Å². The molecule has 3 rings (SSSR count). The Bertz CT molecular complexity index is 659. The molecule has 0 amide bonds. The van der Waals surface area contributed by atoms with Crippen LogP contribution in [-0.4, -0.2) is 19.6 Å². The quantitative estimate of drug-likeness (QED) is 0.667. The van der Waals surface area contributed by atoms with Gasteiger partial charge in [-0.25, -0.2) is 4.98 Å². The maximum atomic E-state index is 5.91. The van der Waals surface area contributed by atoms with Gasteiger partial charge >= 0.3 is 0 Å². The summed E-state index contributed by atoms with van der Waals surface area (Å²) in [5.41, 5.74) is 8.52. The third kappa shape index (κ3) is 1.71. The van der Waals surface area contributed by atoms with Crippen LogP contribution < -0.4 is 5.73 Å². The Hall–Kier alpha value is -2.43. The van der Waals surface area contributed by atoms with E-state index in [0.717, 1.165) is 22.7 Å². The summed E-state index contributed by atoms with van der Waals surface area (Å²) >= 11 is 0. The number of anilines is 1. The molecule has 0 bridgehead atoms. The van der Waals surface area contributed by atoms with Gasteiger partial charge in [0, 0.05) is 24.4 Å². The van der Waals surface area contributed by atoms with Gasteiger partial charge < -0.3 is 5.73 Å². The summed E-state index contributed by atoms with van der Waals surface area (Å²) in [6.45, 7) is 0. The third-order valence-electron chi connectivity index (χ3n) is 2.69. The molecule has 0 unspecified atom stereocenters. The zero-order valence-electron chi connectivity index (χ0n) is 9.11. The molecule has 5 heteroatoms. The molecule has 0 aliphatic heterocycles. The number of hydrogen-bond donors (Lipinski definition) is 1. The molecule has 2 aromatic heterocycles. The van der Waals surface area contributed by atoms with Crippen molar-refractivity contribution in [1.82, 2.24) is 19.6 Å². The zero-order chi connectivity index (χ0) is 11.7. The van der Waals surface area contributed by atoms with Crippen molar-refractivity contribution in [3.05, 3.63) is 54.2 Å². The lowest BCUT2D eigenvalue weighted by molar-refractivity contribution is 0.920. The number of fused-ring (bicyclic) bond motifs is 1. The number of nitrogen functional groups attached to an aromatic ring is 1. The molecule has 2 heterocycles. The van der Waals surface area contributed by atoms with E-state index in [0.29, 0.717) is 6.42 Å². The first-order chi connectivity index (χ1) is 8.34. The SMILES string of the molecule is Nc1ccccc1Cc1nnc2ccncn12. The largest absolute Gasteiger partial charge is 0.398 e. The van der Waals surface area contributed by atoms with Crippen LogP contribution in [0.2, 0.25) is 0 Å². The highest BCUT2D eigenvalue weighted by Crippen LogP contribution is 2.15. The van der Waals surface area contributed by atoms with Crippen molar-refractivity contribution in [2.75, 3.05) is 5.73 Å². The first-order valence-electron chi connectivity index (χ1n) is 5.31. The van der Waals surface area contributed by atoms with Crippen molar-refractivity contribution in [1.29, 1.82) is 0 Å². The van der Waals surface area contributed by atoms with Gasteiger partial charge in [0.25, 0.3) is 0 Å². The van der Waals surface area contributed by atoms with E-state index in [2.05, 4.69) is 15.2 Å². The summed E-state index contributed by atoms with van der Waals surface area (Å²) in [6.07, 6.45) is 4.06. The second-order valence-corrected chi connectivity index (χ2v) is 3.80. The van der Waals surface area contributed by atoms with Crippen LogP contribution in [0.5, 0.6) is 0 Å². The fraction of sp³-hybridized carbons (Fsp3) is 0.0833. The van der Waals surface area contributed by atoms with Crippen LogP contribution in [0.3, 0.4) is 0 Å². The Morgan fingerprint density at radius 1 is 1.12 bits per heavy atom. The van der Waals surface area contributed by atoms with E-state index in [1.165, 1.54) is 0 Å². The van der Waals surface area contributed by atoms with Crippen LogP contribution in [0.25, 0.3) is 5.65 Å². The Balaban J connectivity index is 2.03. The van der Waals surface area contributed by atoms with Crippen LogP contribution in [-0.2, 0) is 6.42 Å². The molecule has 84 valence electrons. The first-order valence-corrected chi connectivity index (χ1v) is 5.31. The summed E-state index contributed by atoms with van der Waals surface area (Å²) in [4.78, 5) is 4.06. The van der Waals surface area contributed by atoms with Gasteiger partial charge in [0.1, 0.15) is 12.2 Å². The minimum absolute atomic E-state index is 0.652. The molecule has 1 aromatic carbocycles. The fourth-order valence-corrected chi connectivity index (χ4v) is 1.78. The standard InChI is InChI=1S/C12H11N5/c13-10-4-2-1-3-9(10)7-12-16-15-11-5-6-14-8-17(11)12/h1-6,8H,7,13H2. The lowest BCUT2D eigenvalue weighted by Crippen LogP contribution is -2.00. The highest BCUT2D eigenvalue weighted by atomic mass is 15.3. The number of aromatic nitrogens is 4. The molecule has 0 aliphatic rings. The molecule has 0 saturated heterocycles. The normalized spacial score (nSPS) is 10.8. The number of nitrogens with two attached hydrogens (primary N) is 1. The van der Waals surface area contributed by atoms with Gasteiger partial charge in [-0.3, -0.25) is 4.40 Å². The fourth-order valence-electron chi connectivity index (χ4n) is 1.78. The second kappa shape index (κ2) is 3.86. The summed E-state index contributed by atoms with van der Waals surface area (Å²) in [7, 11) is 0. The predicted molar refractivity (Wildman–Crippen MR) is 64.4 cm³/mol. The highest BCUT2D eigenvalue weighted by molar-refractivity contribution is 5.48. The molecule has 2 N–H and O–H groups in total. The van der Waals surface area contributed by atoms with Gasteiger partial charge in [0.05, 0.1) is 0 Å². The van der Waals surface area contributed by atoms with E-state index in [1.807, 2.05) is 34.7 Å². The van der Waals surface area contributed by atoms with Crippen LogP contribution in [0.4, 0.5) is 5.69 Å². The van der Waals surface area contributed by atoms with Crippen LogP contribution >= 0.6 is 0 Å². The van der Waals surface area contributed by atoms with Crippen LogP contribution in [0.1, 0.15) is 11.4 Å². The number of rotatable bonds is 2.